The predicted octanol–water partition coefficient (Wildman–Crippen LogP) is 2.25. The standard InChI is InChI=1S/C14H18F3N3O/c15-14(16,17)13-10-4-5-18-8-11(10)19-12(20-13)7-9-3-1-2-6-21-9/h9,18H,1-8H2. The van der Waals surface area contributed by atoms with Gasteiger partial charge in [0.25, 0.3) is 0 Å². The van der Waals surface area contributed by atoms with Gasteiger partial charge in [-0.05, 0) is 32.2 Å². The molecule has 1 atom stereocenters. The number of nitrogens with zero attached hydrogens (tertiary/aromatic N) is 2. The first kappa shape index (κ1) is 14.7. The number of hydrogen-bond donors (Lipinski definition) is 1. The Bertz CT molecular complexity index is 513. The minimum atomic E-state index is -4.42. The molecule has 1 saturated heterocycles. The molecule has 1 aromatic heterocycles. The van der Waals surface area contributed by atoms with Crippen molar-refractivity contribution in [2.45, 2.75) is 50.9 Å². The number of nitrogens with one attached hydrogen (secondary N) is 1. The average Bonchev–Trinajstić information content (AvgIpc) is 2.46. The summed E-state index contributed by atoms with van der Waals surface area (Å²) < 4.78 is 45.2. The van der Waals surface area contributed by atoms with E-state index in [2.05, 4.69) is 15.3 Å². The minimum Gasteiger partial charge on any atom is -0.378 e. The van der Waals surface area contributed by atoms with Crippen LogP contribution in [0.4, 0.5) is 13.2 Å². The zero-order valence-electron chi connectivity index (χ0n) is 11.7. The second-order valence-electron chi connectivity index (χ2n) is 5.53. The molecule has 7 heteroatoms. The topological polar surface area (TPSA) is 47.0 Å². The number of alkyl halides is 3. The van der Waals surface area contributed by atoms with Crippen molar-refractivity contribution in [3.8, 4) is 0 Å². The van der Waals surface area contributed by atoms with E-state index in [0.29, 0.717) is 38.2 Å². The van der Waals surface area contributed by atoms with Gasteiger partial charge >= 0.3 is 6.18 Å². The van der Waals surface area contributed by atoms with Crippen LogP contribution < -0.4 is 5.32 Å². The Labute approximate surface area is 121 Å². The number of rotatable bonds is 2. The second kappa shape index (κ2) is 5.88. The Morgan fingerprint density at radius 2 is 2.10 bits per heavy atom. The summed E-state index contributed by atoms with van der Waals surface area (Å²) in [6.07, 6.45) is -0.884. The van der Waals surface area contributed by atoms with Gasteiger partial charge in [-0.2, -0.15) is 13.2 Å². The maximum atomic E-state index is 13.2. The van der Waals surface area contributed by atoms with Crippen LogP contribution in [0.5, 0.6) is 0 Å². The lowest BCUT2D eigenvalue weighted by atomic mass is 10.0. The van der Waals surface area contributed by atoms with E-state index < -0.39 is 11.9 Å². The average molecular weight is 301 g/mol. The van der Waals surface area contributed by atoms with Crippen LogP contribution >= 0.6 is 0 Å². The number of ether oxygens (including phenoxy) is 1. The quantitative estimate of drug-likeness (QED) is 0.910. The summed E-state index contributed by atoms with van der Waals surface area (Å²) in [7, 11) is 0. The normalized spacial score (nSPS) is 22.9. The van der Waals surface area contributed by atoms with Gasteiger partial charge in [0, 0.05) is 25.1 Å². The van der Waals surface area contributed by atoms with Crippen LogP contribution in [-0.4, -0.2) is 29.2 Å². The third kappa shape index (κ3) is 3.35. The predicted molar refractivity (Wildman–Crippen MR) is 69.7 cm³/mol. The Kier molecular flexibility index (Phi) is 4.12. The fourth-order valence-corrected chi connectivity index (χ4v) is 2.91. The molecule has 0 saturated carbocycles. The molecule has 2 aliphatic rings. The molecule has 1 aromatic rings. The summed E-state index contributed by atoms with van der Waals surface area (Å²) in [5.74, 6) is 0.247. The third-order valence-corrected chi connectivity index (χ3v) is 3.94. The van der Waals surface area contributed by atoms with Crippen molar-refractivity contribution in [3.05, 3.63) is 22.8 Å². The maximum Gasteiger partial charge on any atom is 0.433 e. The van der Waals surface area contributed by atoms with Crippen molar-refractivity contribution in [1.82, 2.24) is 15.3 Å². The Morgan fingerprint density at radius 3 is 2.81 bits per heavy atom. The molecule has 3 rings (SSSR count). The second-order valence-corrected chi connectivity index (χ2v) is 5.53. The highest BCUT2D eigenvalue weighted by Gasteiger charge is 2.38. The molecule has 1 unspecified atom stereocenters. The monoisotopic (exact) mass is 301 g/mol. The molecule has 0 aliphatic carbocycles. The lowest BCUT2D eigenvalue weighted by molar-refractivity contribution is -0.142. The summed E-state index contributed by atoms with van der Waals surface area (Å²) in [5.41, 5.74) is -0.0382. The zero-order valence-corrected chi connectivity index (χ0v) is 11.7. The van der Waals surface area contributed by atoms with Gasteiger partial charge in [0.15, 0.2) is 5.69 Å². The summed E-state index contributed by atoms with van der Waals surface area (Å²) in [6.45, 7) is 1.58. The summed E-state index contributed by atoms with van der Waals surface area (Å²) in [6, 6.07) is 0. The van der Waals surface area contributed by atoms with E-state index in [0.717, 1.165) is 19.3 Å². The molecule has 4 nitrogen and oxygen atoms in total. The number of halogens is 3. The number of hydrogen-bond acceptors (Lipinski definition) is 4. The first-order valence-electron chi connectivity index (χ1n) is 7.32. The molecule has 1 fully saturated rings. The minimum absolute atomic E-state index is 0.0607. The molecule has 21 heavy (non-hydrogen) atoms. The molecule has 0 radical (unpaired) electrons. The number of fused-ring (bicyclic) bond motifs is 1. The van der Waals surface area contributed by atoms with Crippen molar-refractivity contribution in [1.29, 1.82) is 0 Å². The molecule has 0 bridgehead atoms. The van der Waals surface area contributed by atoms with Gasteiger partial charge in [0.05, 0.1) is 11.8 Å². The van der Waals surface area contributed by atoms with Gasteiger partial charge in [-0.15, -0.1) is 0 Å². The largest absolute Gasteiger partial charge is 0.433 e. The molecule has 0 amide bonds. The van der Waals surface area contributed by atoms with Crippen LogP contribution in [-0.2, 0) is 30.3 Å². The van der Waals surface area contributed by atoms with Gasteiger partial charge in [0.1, 0.15) is 5.82 Å². The van der Waals surface area contributed by atoms with Crippen molar-refractivity contribution in [2.75, 3.05) is 13.2 Å². The molecule has 3 heterocycles. The number of aromatic nitrogens is 2. The first-order valence-corrected chi connectivity index (χ1v) is 7.32. The Balaban J connectivity index is 1.90. The molecule has 2 aliphatic heterocycles. The van der Waals surface area contributed by atoms with Crippen molar-refractivity contribution in [3.63, 3.8) is 0 Å². The molecule has 0 aromatic carbocycles. The Hall–Kier alpha value is -1.21. The van der Waals surface area contributed by atoms with Gasteiger partial charge in [0.2, 0.25) is 0 Å². The summed E-state index contributed by atoms with van der Waals surface area (Å²) in [5, 5.41) is 3.06. The molecule has 0 spiro atoms. The molecular formula is C14H18F3N3O. The Morgan fingerprint density at radius 1 is 1.24 bits per heavy atom. The SMILES string of the molecule is FC(F)(F)c1nc(CC2CCCCO2)nc2c1CCNC2. The molecular weight excluding hydrogens is 283 g/mol. The smallest absolute Gasteiger partial charge is 0.378 e. The van der Waals surface area contributed by atoms with E-state index >= 15 is 0 Å². The van der Waals surface area contributed by atoms with Crippen molar-refractivity contribution < 1.29 is 17.9 Å². The van der Waals surface area contributed by atoms with E-state index in [-0.39, 0.29) is 17.5 Å². The third-order valence-electron chi connectivity index (χ3n) is 3.94. The highest BCUT2D eigenvalue weighted by atomic mass is 19.4. The van der Waals surface area contributed by atoms with Crippen LogP contribution in [0.25, 0.3) is 0 Å². The fourth-order valence-electron chi connectivity index (χ4n) is 2.91. The van der Waals surface area contributed by atoms with Gasteiger partial charge < -0.3 is 10.1 Å². The van der Waals surface area contributed by atoms with Gasteiger partial charge in [-0.3, -0.25) is 0 Å². The van der Waals surface area contributed by atoms with Gasteiger partial charge in [-0.25, -0.2) is 9.97 Å². The van der Waals surface area contributed by atoms with Crippen LogP contribution in [0.2, 0.25) is 0 Å². The summed E-state index contributed by atoms with van der Waals surface area (Å²) in [4.78, 5) is 8.14. The van der Waals surface area contributed by atoms with Crippen LogP contribution in [0, 0.1) is 0 Å². The van der Waals surface area contributed by atoms with Crippen LogP contribution in [0.1, 0.15) is 42.0 Å². The van der Waals surface area contributed by atoms with E-state index in [1.165, 1.54) is 0 Å². The van der Waals surface area contributed by atoms with Crippen molar-refractivity contribution >= 4 is 0 Å². The fraction of sp³-hybridized carbons (Fsp3) is 0.714. The van der Waals surface area contributed by atoms with Gasteiger partial charge in [-0.1, -0.05) is 0 Å². The van der Waals surface area contributed by atoms with E-state index in [9.17, 15) is 13.2 Å². The lowest BCUT2D eigenvalue weighted by Crippen LogP contribution is -2.30. The van der Waals surface area contributed by atoms with Crippen LogP contribution in [0.3, 0.4) is 0 Å². The molecule has 1 N–H and O–H groups in total. The highest BCUT2D eigenvalue weighted by molar-refractivity contribution is 5.30. The van der Waals surface area contributed by atoms with E-state index in [1.54, 1.807) is 0 Å². The molecule has 116 valence electrons. The zero-order chi connectivity index (χ0) is 14.9. The first-order chi connectivity index (χ1) is 10.0. The van der Waals surface area contributed by atoms with Crippen LogP contribution in [0.15, 0.2) is 0 Å². The van der Waals surface area contributed by atoms with E-state index in [1.807, 2.05) is 0 Å². The van der Waals surface area contributed by atoms with E-state index in [4.69, 9.17) is 4.74 Å². The lowest BCUT2D eigenvalue weighted by Gasteiger charge is -2.24. The highest BCUT2D eigenvalue weighted by Crippen LogP contribution is 2.33. The maximum absolute atomic E-state index is 13.2. The van der Waals surface area contributed by atoms with Crippen molar-refractivity contribution in [2.24, 2.45) is 0 Å². The summed E-state index contributed by atoms with van der Waals surface area (Å²) >= 11 is 0.